The van der Waals surface area contributed by atoms with Gasteiger partial charge in [-0.3, -0.25) is 0 Å². The van der Waals surface area contributed by atoms with Gasteiger partial charge >= 0.3 is 0 Å². The van der Waals surface area contributed by atoms with Crippen LogP contribution in [0.4, 0.5) is 11.4 Å². The molecule has 0 amide bonds. The zero-order valence-corrected chi connectivity index (χ0v) is 14.0. The summed E-state index contributed by atoms with van der Waals surface area (Å²) in [5, 5.41) is 0. The molecule has 0 atom stereocenters. The number of nitrogen functional groups attached to an aromatic ring is 2. The number of hydrogen-bond acceptors (Lipinski definition) is 4. The maximum absolute atomic E-state index is 5.98. The monoisotopic (exact) mass is 314 g/mol. The van der Waals surface area contributed by atoms with E-state index in [0.717, 1.165) is 53.3 Å². The van der Waals surface area contributed by atoms with Crippen LogP contribution in [0.2, 0.25) is 0 Å². The van der Waals surface area contributed by atoms with Gasteiger partial charge in [-0.2, -0.15) is 0 Å². The van der Waals surface area contributed by atoms with E-state index < -0.39 is 0 Å². The molecule has 0 heterocycles. The molecule has 0 aliphatic heterocycles. The molecule has 2 rings (SSSR count). The Morgan fingerprint density at radius 1 is 0.826 bits per heavy atom. The number of rotatable bonds is 8. The molecule has 0 saturated carbocycles. The van der Waals surface area contributed by atoms with Crippen molar-refractivity contribution >= 4 is 11.4 Å². The lowest BCUT2D eigenvalue weighted by molar-refractivity contribution is 0.280. The maximum Gasteiger partial charge on any atom is 0.142 e. The fourth-order valence-corrected chi connectivity index (χ4v) is 2.24. The topological polar surface area (TPSA) is 70.5 Å². The van der Waals surface area contributed by atoms with Gasteiger partial charge in [0.1, 0.15) is 11.5 Å². The Bertz CT molecular complexity index is 641. The summed E-state index contributed by atoms with van der Waals surface area (Å²) >= 11 is 0. The Morgan fingerprint density at radius 3 is 2.30 bits per heavy atom. The molecule has 2 aromatic rings. The van der Waals surface area contributed by atoms with E-state index in [2.05, 4.69) is 0 Å². The van der Waals surface area contributed by atoms with Gasteiger partial charge in [0, 0.05) is 11.8 Å². The first kappa shape index (κ1) is 17.0. The van der Waals surface area contributed by atoms with Gasteiger partial charge in [-0.15, -0.1) is 0 Å². The number of nitrogens with two attached hydrogens (primary N) is 2. The average molecular weight is 314 g/mol. The first-order chi connectivity index (χ1) is 11.1. The number of para-hydroxylation sites is 1. The molecule has 2 aromatic carbocycles. The van der Waals surface area contributed by atoms with Crippen molar-refractivity contribution < 1.29 is 9.47 Å². The first-order valence-electron chi connectivity index (χ1n) is 8.04. The van der Waals surface area contributed by atoms with Crippen LogP contribution in [0.15, 0.2) is 36.4 Å². The predicted octanol–water partition coefficient (Wildman–Crippen LogP) is 4.10. The van der Waals surface area contributed by atoms with E-state index in [1.165, 1.54) is 0 Å². The van der Waals surface area contributed by atoms with Crippen LogP contribution in [0.5, 0.6) is 11.5 Å². The summed E-state index contributed by atoms with van der Waals surface area (Å²) in [6, 6.07) is 11.7. The minimum atomic E-state index is 0.672. The predicted molar refractivity (Wildman–Crippen MR) is 96.0 cm³/mol. The van der Waals surface area contributed by atoms with Crippen LogP contribution in [-0.4, -0.2) is 13.2 Å². The van der Waals surface area contributed by atoms with Crippen molar-refractivity contribution in [2.24, 2.45) is 0 Å². The molecule has 124 valence electrons. The molecule has 4 nitrogen and oxygen atoms in total. The Morgan fingerprint density at radius 2 is 1.57 bits per heavy atom. The second kappa shape index (κ2) is 8.32. The van der Waals surface area contributed by atoms with Gasteiger partial charge in [-0.05, 0) is 56.4 Å². The molecule has 0 fully saturated rings. The van der Waals surface area contributed by atoms with Gasteiger partial charge in [0.15, 0.2) is 0 Å². The standard InChI is InChI=1S/C19H26N2O2/c1-14-9-10-16(13-17(14)20)22-11-4-3-5-12-23-18-8-6-7-15(2)19(18)21/h6-10,13H,3-5,11-12,20-21H2,1-2H3. The summed E-state index contributed by atoms with van der Waals surface area (Å²) in [4.78, 5) is 0. The molecule has 0 aliphatic rings. The van der Waals surface area contributed by atoms with Crippen LogP contribution < -0.4 is 20.9 Å². The summed E-state index contributed by atoms with van der Waals surface area (Å²) in [7, 11) is 0. The maximum atomic E-state index is 5.98. The highest BCUT2D eigenvalue weighted by atomic mass is 16.5. The van der Waals surface area contributed by atoms with Gasteiger partial charge < -0.3 is 20.9 Å². The van der Waals surface area contributed by atoms with E-state index in [4.69, 9.17) is 20.9 Å². The highest BCUT2D eigenvalue weighted by Gasteiger charge is 2.02. The van der Waals surface area contributed by atoms with E-state index in [9.17, 15) is 0 Å². The quantitative estimate of drug-likeness (QED) is 0.568. The van der Waals surface area contributed by atoms with Gasteiger partial charge in [-0.25, -0.2) is 0 Å². The zero-order valence-electron chi connectivity index (χ0n) is 14.0. The lowest BCUT2D eigenvalue weighted by Crippen LogP contribution is -2.03. The summed E-state index contributed by atoms with van der Waals surface area (Å²) < 4.78 is 11.4. The molecule has 0 saturated heterocycles. The molecule has 0 spiro atoms. The molecule has 0 bridgehead atoms. The van der Waals surface area contributed by atoms with Crippen molar-refractivity contribution in [1.29, 1.82) is 0 Å². The van der Waals surface area contributed by atoms with Crippen molar-refractivity contribution in [1.82, 2.24) is 0 Å². The van der Waals surface area contributed by atoms with Crippen molar-refractivity contribution in [2.75, 3.05) is 24.7 Å². The third kappa shape index (κ3) is 5.09. The third-order valence-corrected chi connectivity index (χ3v) is 3.85. The molecule has 0 radical (unpaired) electrons. The SMILES string of the molecule is Cc1ccc(OCCCCCOc2cccc(C)c2N)cc1N. The number of hydrogen-bond donors (Lipinski definition) is 2. The normalized spacial score (nSPS) is 10.5. The lowest BCUT2D eigenvalue weighted by atomic mass is 10.2. The van der Waals surface area contributed by atoms with E-state index in [-0.39, 0.29) is 0 Å². The number of anilines is 2. The van der Waals surface area contributed by atoms with Gasteiger partial charge in [0.2, 0.25) is 0 Å². The summed E-state index contributed by atoms with van der Waals surface area (Å²) in [6.07, 6.45) is 3.01. The first-order valence-corrected chi connectivity index (χ1v) is 8.04. The Balaban J connectivity index is 1.61. The van der Waals surface area contributed by atoms with Crippen molar-refractivity contribution in [2.45, 2.75) is 33.1 Å². The molecule has 4 N–H and O–H groups in total. The minimum absolute atomic E-state index is 0.672. The van der Waals surface area contributed by atoms with Gasteiger partial charge in [0.05, 0.1) is 18.9 Å². The van der Waals surface area contributed by atoms with Crippen LogP contribution in [0, 0.1) is 13.8 Å². The number of ether oxygens (including phenoxy) is 2. The van der Waals surface area contributed by atoms with Gasteiger partial charge in [0.25, 0.3) is 0 Å². The fourth-order valence-electron chi connectivity index (χ4n) is 2.24. The summed E-state index contributed by atoms with van der Waals surface area (Å²) in [6.45, 7) is 5.33. The van der Waals surface area contributed by atoms with Crippen LogP contribution in [0.3, 0.4) is 0 Å². The van der Waals surface area contributed by atoms with E-state index >= 15 is 0 Å². The van der Waals surface area contributed by atoms with Gasteiger partial charge in [-0.1, -0.05) is 18.2 Å². The summed E-state index contributed by atoms with van der Waals surface area (Å²) in [5.41, 5.74) is 15.5. The van der Waals surface area contributed by atoms with Crippen LogP contribution >= 0.6 is 0 Å². The van der Waals surface area contributed by atoms with Crippen molar-refractivity contribution in [3.63, 3.8) is 0 Å². The number of benzene rings is 2. The zero-order chi connectivity index (χ0) is 16.7. The highest BCUT2D eigenvalue weighted by molar-refractivity contribution is 5.57. The van der Waals surface area contributed by atoms with Crippen LogP contribution in [0.25, 0.3) is 0 Å². The average Bonchev–Trinajstić information content (AvgIpc) is 2.53. The van der Waals surface area contributed by atoms with E-state index in [1.54, 1.807) is 0 Å². The molecule has 23 heavy (non-hydrogen) atoms. The van der Waals surface area contributed by atoms with Crippen molar-refractivity contribution in [3.05, 3.63) is 47.5 Å². The second-order valence-electron chi connectivity index (χ2n) is 5.76. The van der Waals surface area contributed by atoms with Crippen molar-refractivity contribution in [3.8, 4) is 11.5 Å². The van der Waals surface area contributed by atoms with Crippen LogP contribution in [0.1, 0.15) is 30.4 Å². The molecule has 4 heteroatoms. The molecule has 0 aromatic heterocycles. The lowest BCUT2D eigenvalue weighted by Gasteiger charge is -2.11. The minimum Gasteiger partial charge on any atom is -0.494 e. The van der Waals surface area contributed by atoms with E-state index in [0.29, 0.717) is 13.2 Å². The Hall–Kier alpha value is -2.36. The Labute approximate surface area is 138 Å². The molecule has 0 unspecified atom stereocenters. The largest absolute Gasteiger partial charge is 0.494 e. The highest BCUT2D eigenvalue weighted by Crippen LogP contribution is 2.24. The third-order valence-electron chi connectivity index (χ3n) is 3.85. The molecular formula is C19H26N2O2. The Kier molecular flexibility index (Phi) is 6.15. The smallest absolute Gasteiger partial charge is 0.142 e. The fraction of sp³-hybridized carbons (Fsp3) is 0.368. The van der Waals surface area contributed by atoms with E-state index in [1.807, 2.05) is 50.2 Å². The second-order valence-corrected chi connectivity index (χ2v) is 5.76. The number of aryl methyl sites for hydroxylation is 2. The molecule has 0 aliphatic carbocycles. The summed E-state index contributed by atoms with van der Waals surface area (Å²) in [5.74, 6) is 1.60. The van der Waals surface area contributed by atoms with Crippen LogP contribution in [-0.2, 0) is 0 Å². The number of unbranched alkanes of at least 4 members (excludes halogenated alkanes) is 2. The molecular weight excluding hydrogens is 288 g/mol.